The summed E-state index contributed by atoms with van der Waals surface area (Å²) in [5.74, 6) is -0.227. The number of aromatic nitrogens is 1. The Balaban J connectivity index is 1.51. The number of hydrogen-bond donors (Lipinski definition) is 1. The summed E-state index contributed by atoms with van der Waals surface area (Å²) < 4.78 is 31.1. The highest BCUT2D eigenvalue weighted by Gasteiger charge is 2.27. The first-order valence-electron chi connectivity index (χ1n) is 8.38. The molecule has 0 atom stereocenters. The molecule has 3 rings (SSSR count). The van der Waals surface area contributed by atoms with Crippen LogP contribution in [0.15, 0.2) is 41.1 Å². The number of benzene rings is 1. The molecule has 2 heterocycles. The minimum Gasteiger partial charge on any atom is -0.364 e. The van der Waals surface area contributed by atoms with E-state index in [1.54, 1.807) is 6.07 Å². The van der Waals surface area contributed by atoms with Crippen LogP contribution in [0.25, 0.3) is 0 Å². The van der Waals surface area contributed by atoms with E-state index in [-0.39, 0.29) is 11.7 Å². The molecule has 1 aromatic carbocycles. The predicted molar refractivity (Wildman–Crippen MR) is 96.7 cm³/mol. The molecule has 0 saturated carbocycles. The summed E-state index contributed by atoms with van der Waals surface area (Å²) in [6.45, 7) is 4.49. The quantitative estimate of drug-likeness (QED) is 0.814. The van der Waals surface area contributed by atoms with Crippen LogP contribution in [-0.4, -0.2) is 54.9 Å². The van der Waals surface area contributed by atoms with Crippen LogP contribution < -0.4 is 5.32 Å². The normalized spacial score (nSPS) is 16.5. The lowest BCUT2D eigenvalue weighted by atomic mass is 10.2. The lowest BCUT2D eigenvalue weighted by molar-refractivity contribution is -0.114. The number of nitrogens with one attached hydrogen (secondary N) is 1. The Hall–Kier alpha value is -2.23. The van der Waals surface area contributed by atoms with Crippen molar-refractivity contribution in [2.75, 3.05) is 31.5 Å². The highest BCUT2D eigenvalue weighted by molar-refractivity contribution is 7.88. The van der Waals surface area contributed by atoms with Gasteiger partial charge < -0.3 is 9.84 Å². The fraction of sp³-hybridized carbons (Fsp3) is 0.412. The van der Waals surface area contributed by atoms with Crippen LogP contribution in [0.5, 0.6) is 0 Å². The van der Waals surface area contributed by atoms with Crippen LogP contribution in [0.1, 0.15) is 18.2 Å². The largest absolute Gasteiger partial charge is 0.364 e. The number of sulfonamides is 1. The van der Waals surface area contributed by atoms with Gasteiger partial charge in [-0.15, -0.1) is 0 Å². The first-order valence-corrected chi connectivity index (χ1v) is 9.99. The van der Waals surface area contributed by atoms with Gasteiger partial charge in [0.05, 0.1) is 5.69 Å². The summed E-state index contributed by atoms with van der Waals surface area (Å²) in [7, 11) is -3.38. The van der Waals surface area contributed by atoms with E-state index in [9.17, 15) is 13.2 Å². The maximum atomic E-state index is 12.4. The number of piperazine rings is 1. The van der Waals surface area contributed by atoms with Crippen molar-refractivity contribution in [2.45, 2.75) is 19.2 Å². The number of amides is 1. The standard InChI is InChI=1S/C17H22N4O4S/c1-14(22)18-16-4-2-15(3-5-16)12-20-7-9-21(10-8-20)26(23,24)13-17-6-11-25-19-17/h2-6,11H,7-10,12-13H2,1H3,(H,18,22). The molecule has 0 radical (unpaired) electrons. The van der Waals surface area contributed by atoms with Crippen molar-refractivity contribution in [1.29, 1.82) is 0 Å². The van der Waals surface area contributed by atoms with E-state index >= 15 is 0 Å². The number of carbonyl (C=O) groups is 1. The Morgan fingerprint density at radius 2 is 1.85 bits per heavy atom. The molecule has 1 aliphatic rings. The Kier molecular flexibility index (Phi) is 5.70. The fourth-order valence-electron chi connectivity index (χ4n) is 2.91. The van der Waals surface area contributed by atoms with Crippen molar-refractivity contribution >= 4 is 21.6 Å². The predicted octanol–water partition coefficient (Wildman–Crippen LogP) is 1.28. The Morgan fingerprint density at radius 1 is 1.15 bits per heavy atom. The summed E-state index contributed by atoms with van der Waals surface area (Å²) in [6.07, 6.45) is 1.37. The summed E-state index contributed by atoms with van der Waals surface area (Å²) in [6, 6.07) is 9.25. The number of carbonyl (C=O) groups excluding carboxylic acids is 1. The number of rotatable bonds is 6. The SMILES string of the molecule is CC(=O)Nc1ccc(CN2CCN(S(=O)(=O)Cc3ccon3)CC2)cc1. The number of anilines is 1. The topological polar surface area (TPSA) is 95.8 Å². The van der Waals surface area contributed by atoms with Gasteiger partial charge in [-0.05, 0) is 17.7 Å². The van der Waals surface area contributed by atoms with Crippen molar-refractivity contribution in [3.8, 4) is 0 Å². The van der Waals surface area contributed by atoms with E-state index < -0.39 is 10.0 Å². The molecule has 8 nitrogen and oxygen atoms in total. The summed E-state index contributed by atoms with van der Waals surface area (Å²) in [4.78, 5) is 13.3. The molecule has 1 aromatic heterocycles. The molecule has 1 aliphatic heterocycles. The van der Waals surface area contributed by atoms with E-state index in [1.165, 1.54) is 17.5 Å². The minimum atomic E-state index is -3.38. The minimum absolute atomic E-state index is 0.0966. The van der Waals surface area contributed by atoms with E-state index in [4.69, 9.17) is 4.52 Å². The zero-order valence-corrected chi connectivity index (χ0v) is 15.4. The molecule has 2 aromatic rings. The van der Waals surface area contributed by atoms with Crippen LogP contribution in [0.2, 0.25) is 0 Å². The second kappa shape index (κ2) is 7.98. The van der Waals surface area contributed by atoms with Gasteiger partial charge in [-0.3, -0.25) is 9.69 Å². The van der Waals surface area contributed by atoms with Crippen LogP contribution >= 0.6 is 0 Å². The lowest BCUT2D eigenvalue weighted by Gasteiger charge is -2.33. The third-order valence-electron chi connectivity index (χ3n) is 4.23. The molecule has 1 amide bonds. The molecular formula is C17H22N4O4S. The lowest BCUT2D eigenvalue weighted by Crippen LogP contribution is -2.48. The number of nitrogens with zero attached hydrogens (tertiary/aromatic N) is 3. The molecular weight excluding hydrogens is 356 g/mol. The molecule has 1 fully saturated rings. The summed E-state index contributed by atoms with van der Waals surface area (Å²) in [5, 5.41) is 6.41. The van der Waals surface area contributed by atoms with Crippen molar-refractivity contribution in [3.63, 3.8) is 0 Å². The van der Waals surface area contributed by atoms with Gasteiger partial charge in [0.25, 0.3) is 0 Å². The van der Waals surface area contributed by atoms with Gasteiger partial charge >= 0.3 is 0 Å². The fourth-order valence-corrected chi connectivity index (χ4v) is 4.34. The van der Waals surface area contributed by atoms with Gasteiger partial charge in [-0.1, -0.05) is 17.3 Å². The molecule has 26 heavy (non-hydrogen) atoms. The molecule has 1 N–H and O–H groups in total. The van der Waals surface area contributed by atoms with Crippen LogP contribution in [0.3, 0.4) is 0 Å². The van der Waals surface area contributed by atoms with Crippen molar-refractivity contribution in [3.05, 3.63) is 47.9 Å². The average molecular weight is 378 g/mol. The van der Waals surface area contributed by atoms with Crippen molar-refractivity contribution in [2.24, 2.45) is 0 Å². The molecule has 140 valence electrons. The Bertz CT molecular complexity index is 826. The van der Waals surface area contributed by atoms with E-state index in [2.05, 4.69) is 15.4 Å². The van der Waals surface area contributed by atoms with Gasteiger partial charge in [0.2, 0.25) is 15.9 Å². The first-order chi connectivity index (χ1) is 12.4. The zero-order chi connectivity index (χ0) is 18.6. The second-order valence-electron chi connectivity index (χ2n) is 6.30. The van der Waals surface area contributed by atoms with E-state index in [0.29, 0.717) is 31.9 Å². The third-order valence-corrected chi connectivity index (χ3v) is 6.04. The average Bonchev–Trinajstić information content (AvgIpc) is 3.09. The van der Waals surface area contributed by atoms with E-state index in [0.717, 1.165) is 17.8 Å². The first kappa shape index (κ1) is 18.6. The van der Waals surface area contributed by atoms with Gasteiger partial charge in [0, 0.05) is 51.4 Å². The monoisotopic (exact) mass is 378 g/mol. The van der Waals surface area contributed by atoms with Crippen molar-refractivity contribution < 1.29 is 17.7 Å². The number of hydrogen-bond acceptors (Lipinski definition) is 6. The highest BCUT2D eigenvalue weighted by atomic mass is 32.2. The van der Waals surface area contributed by atoms with Gasteiger partial charge in [-0.2, -0.15) is 4.31 Å². The molecule has 9 heteroatoms. The third kappa shape index (κ3) is 4.90. The van der Waals surface area contributed by atoms with Gasteiger partial charge in [0.15, 0.2) is 0 Å². The molecule has 0 bridgehead atoms. The summed E-state index contributed by atoms with van der Waals surface area (Å²) in [5.41, 5.74) is 2.31. The van der Waals surface area contributed by atoms with Crippen LogP contribution in [-0.2, 0) is 27.1 Å². The Morgan fingerprint density at radius 3 is 2.42 bits per heavy atom. The maximum Gasteiger partial charge on any atom is 0.221 e. The van der Waals surface area contributed by atoms with Gasteiger partial charge in [0.1, 0.15) is 12.0 Å². The highest BCUT2D eigenvalue weighted by Crippen LogP contribution is 2.16. The Labute approximate surface area is 152 Å². The zero-order valence-electron chi connectivity index (χ0n) is 14.6. The smallest absolute Gasteiger partial charge is 0.221 e. The van der Waals surface area contributed by atoms with Gasteiger partial charge in [-0.25, -0.2) is 8.42 Å². The molecule has 0 aliphatic carbocycles. The molecule has 0 spiro atoms. The van der Waals surface area contributed by atoms with Crippen LogP contribution in [0, 0.1) is 0 Å². The molecule has 1 saturated heterocycles. The van der Waals surface area contributed by atoms with E-state index in [1.807, 2.05) is 24.3 Å². The summed E-state index contributed by atoms with van der Waals surface area (Å²) >= 11 is 0. The van der Waals surface area contributed by atoms with Crippen molar-refractivity contribution in [1.82, 2.24) is 14.4 Å². The maximum absolute atomic E-state index is 12.4. The molecule has 0 unspecified atom stereocenters. The van der Waals surface area contributed by atoms with Crippen LogP contribution in [0.4, 0.5) is 5.69 Å². The second-order valence-corrected chi connectivity index (χ2v) is 8.27.